The molecule has 0 saturated heterocycles. The van der Waals surface area contributed by atoms with E-state index in [2.05, 4.69) is 21.3 Å². The number of aryl methyl sites for hydroxylation is 1. The lowest BCUT2D eigenvalue weighted by Crippen LogP contribution is -2.05. The monoisotopic (exact) mass is 246 g/mol. The highest BCUT2D eigenvalue weighted by Crippen LogP contribution is 2.07. The van der Waals surface area contributed by atoms with Crippen molar-refractivity contribution in [1.82, 2.24) is 14.6 Å². The maximum absolute atomic E-state index is 5.17. The van der Waals surface area contributed by atoms with Crippen LogP contribution in [0.2, 0.25) is 0 Å². The Balaban J connectivity index is 1.93. The number of nitrogens with one attached hydrogen (secondary N) is 1. The molecule has 88 valence electrons. The lowest BCUT2D eigenvalue weighted by atomic mass is 10.3. The number of hydrogen-bond donors (Lipinski definition) is 1. The first-order chi connectivity index (χ1) is 8.29. The molecule has 2 aromatic rings. The van der Waals surface area contributed by atoms with Crippen LogP contribution in [0.1, 0.15) is 5.56 Å². The SMILES string of the molecule is C#CCSCCNc1nc2ccc(C)cn2n1. The van der Waals surface area contributed by atoms with Gasteiger partial charge in [0.2, 0.25) is 5.95 Å². The zero-order valence-electron chi connectivity index (χ0n) is 9.68. The average Bonchev–Trinajstić information content (AvgIpc) is 2.70. The van der Waals surface area contributed by atoms with Crippen molar-refractivity contribution in [1.29, 1.82) is 0 Å². The number of hydrogen-bond acceptors (Lipinski definition) is 4. The molecule has 0 atom stereocenters. The molecule has 2 rings (SSSR count). The van der Waals surface area contributed by atoms with Gasteiger partial charge in [-0.3, -0.25) is 0 Å². The summed E-state index contributed by atoms with van der Waals surface area (Å²) in [5.74, 6) is 4.96. The van der Waals surface area contributed by atoms with E-state index in [1.807, 2.05) is 25.3 Å². The van der Waals surface area contributed by atoms with Crippen LogP contribution in [0, 0.1) is 19.3 Å². The highest BCUT2D eigenvalue weighted by molar-refractivity contribution is 7.99. The largest absolute Gasteiger partial charge is 0.352 e. The summed E-state index contributed by atoms with van der Waals surface area (Å²) in [6, 6.07) is 3.98. The molecule has 0 fully saturated rings. The molecule has 4 nitrogen and oxygen atoms in total. The zero-order valence-corrected chi connectivity index (χ0v) is 10.5. The average molecular weight is 246 g/mol. The molecule has 0 unspecified atom stereocenters. The summed E-state index contributed by atoms with van der Waals surface area (Å²) >= 11 is 1.72. The van der Waals surface area contributed by atoms with Gasteiger partial charge in [-0.2, -0.15) is 4.98 Å². The molecule has 0 aliphatic rings. The standard InChI is InChI=1S/C12H14N4S/c1-3-7-17-8-6-13-12-14-11-5-4-10(2)9-16(11)15-12/h1,4-5,9H,6-8H2,2H3,(H,13,15). The lowest BCUT2D eigenvalue weighted by molar-refractivity contribution is 0.947. The quantitative estimate of drug-likeness (QED) is 0.645. The summed E-state index contributed by atoms with van der Waals surface area (Å²) in [7, 11) is 0. The molecular formula is C12H14N4S. The number of rotatable bonds is 5. The van der Waals surface area contributed by atoms with Crippen LogP contribution in [0.25, 0.3) is 5.65 Å². The van der Waals surface area contributed by atoms with Gasteiger partial charge in [0.25, 0.3) is 0 Å². The van der Waals surface area contributed by atoms with E-state index in [1.54, 1.807) is 16.3 Å². The maximum atomic E-state index is 5.17. The van der Waals surface area contributed by atoms with Crippen LogP contribution in [0.15, 0.2) is 18.3 Å². The van der Waals surface area contributed by atoms with Gasteiger partial charge in [0.15, 0.2) is 5.65 Å². The Morgan fingerprint density at radius 2 is 2.41 bits per heavy atom. The van der Waals surface area contributed by atoms with Crippen molar-refractivity contribution in [3.8, 4) is 12.3 Å². The number of anilines is 1. The highest BCUT2D eigenvalue weighted by Gasteiger charge is 2.01. The Bertz CT molecular complexity index is 541. The van der Waals surface area contributed by atoms with Gasteiger partial charge >= 0.3 is 0 Å². The van der Waals surface area contributed by atoms with Gasteiger partial charge in [0, 0.05) is 18.5 Å². The third kappa shape index (κ3) is 3.14. The molecule has 0 saturated carbocycles. The van der Waals surface area contributed by atoms with Crippen LogP contribution in [0.5, 0.6) is 0 Å². The Morgan fingerprint density at radius 3 is 3.24 bits per heavy atom. The van der Waals surface area contributed by atoms with E-state index in [-0.39, 0.29) is 0 Å². The predicted octanol–water partition coefficient (Wildman–Crippen LogP) is 1.82. The van der Waals surface area contributed by atoms with Gasteiger partial charge < -0.3 is 5.32 Å². The number of terminal acetylenes is 1. The third-order valence-corrected chi connectivity index (χ3v) is 3.06. The van der Waals surface area contributed by atoms with Crippen molar-refractivity contribution in [3.05, 3.63) is 23.9 Å². The summed E-state index contributed by atoms with van der Waals surface area (Å²) in [5, 5.41) is 7.52. The first-order valence-electron chi connectivity index (χ1n) is 5.38. The summed E-state index contributed by atoms with van der Waals surface area (Å²) in [5.41, 5.74) is 2.02. The second-order valence-electron chi connectivity index (χ2n) is 3.63. The number of thioether (sulfide) groups is 1. The zero-order chi connectivity index (χ0) is 12.1. The predicted molar refractivity (Wildman–Crippen MR) is 72.4 cm³/mol. The molecule has 0 spiro atoms. The second kappa shape index (κ2) is 5.60. The van der Waals surface area contributed by atoms with Gasteiger partial charge in [0.1, 0.15) is 0 Å². The summed E-state index contributed by atoms with van der Waals surface area (Å²) < 4.78 is 1.78. The van der Waals surface area contributed by atoms with E-state index < -0.39 is 0 Å². The maximum Gasteiger partial charge on any atom is 0.243 e. The molecule has 0 aromatic carbocycles. The first kappa shape index (κ1) is 11.8. The number of nitrogens with zero attached hydrogens (tertiary/aromatic N) is 3. The van der Waals surface area contributed by atoms with E-state index >= 15 is 0 Å². The fourth-order valence-electron chi connectivity index (χ4n) is 1.43. The van der Waals surface area contributed by atoms with Crippen molar-refractivity contribution in [2.24, 2.45) is 0 Å². The molecule has 0 radical (unpaired) electrons. The fraction of sp³-hybridized carbons (Fsp3) is 0.333. The Labute approximate surface area is 105 Å². The number of pyridine rings is 1. The van der Waals surface area contributed by atoms with E-state index in [0.717, 1.165) is 23.7 Å². The second-order valence-corrected chi connectivity index (χ2v) is 4.73. The number of aromatic nitrogens is 3. The topological polar surface area (TPSA) is 42.2 Å². The van der Waals surface area contributed by atoms with Gasteiger partial charge in [0.05, 0.1) is 5.75 Å². The molecule has 0 amide bonds. The molecule has 2 aromatic heterocycles. The fourth-order valence-corrected chi connectivity index (χ4v) is 1.94. The Hall–Kier alpha value is -1.67. The smallest absolute Gasteiger partial charge is 0.243 e. The normalized spacial score (nSPS) is 10.4. The van der Waals surface area contributed by atoms with Crippen molar-refractivity contribution in [2.75, 3.05) is 23.4 Å². The summed E-state index contributed by atoms with van der Waals surface area (Å²) in [6.45, 7) is 2.85. The summed E-state index contributed by atoms with van der Waals surface area (Å²) in [4.78, 5) is 4.36. The first-order valence-corrected chi connectivity index (χ1v) is 6.53. The lowest BCUT2D eigenvalue weighted by Gasteiger charge is -1.98. The minimum Gasteiger partial charge on any atom is -0.352 e. The molecule has 17 heavy (non-hydrogen) atoms. The van der Waals surface area contributed by atoms with Crippen LogP contribution < -0.4 is 5.32 Å². The Kier molecular flexibility index (Phi) is 3.89. The highest BCUT2D eigenvalue weighted by atomic mass is 32.2. The van der Waals surface area contributed by atoms with E-state index in [9.17, 15) is 0 Å². The third-order valence-electron chi connectivity index (χ3n) is 2.19. The van der Waals surface area contributed by atoms with Crippen LogP contribution in [-0.4, -0.2) is 32.6 Å². The molecule has 0 bridgehead atoms. The van der Waals surface area contributed by atoms with Crippen LogP contribution in [0.4, 0.5) is 5.95 Å². The van der Waals surface area contributed by atoms with Crippen molar-refractivity contribution in [3.63, 3.8) is 0 Å². The van der Waals surface area contributed by atoms with E-state index in [4.69, 9.17) is 6.42 Å². The molecular weight excluding hydrogens is 232 g/mol. The van der Waals surface area contributed by atoms with Gasteiger partial charge in [-0.15, -0.1) is 23.3 Å². The van der Waals surface area contributed by atoms with Crippen LogP contribution >= 0.6 is 11.8 Å². The minimum atomic E-state index is 0.664. The van der Waals surface area contributed by atoms with E-state index in [1.165, 1.54) is 5.56 Å². The molecule has 0 aliphatic carbocycles. The van der Waals surface area contributed by atoms with Gasteiger partial charge in [-0.05, 0) is 18.6 Å². The van der Waals surface area contributed by atoms with Crippen LogP contribution in [0.3, 0.4) is 0 Å². The Morgan fingerprint density at radius 1 is 1.53 bits per heavy atom. The van der Waals surface area contributed by atoms with Crippen molar-refractivity contribution >= 4 is 23.4 Å². The van der Waals surface area contributed by atoms with E-state index in [0.29, 0.717) is 5.95 Å². The van der Waals surface area contributed by atoms with Gasteiger partial charge in [-0.1, -0.05) is 12.0 Å². The van der Waals surface area contributed by atoms with Crippen molar-refractivity contribution in [2.45, 2.75) is 6.92 Å². The van der Waals surface area contributed by atoms with Gasteiger partial charge in [-0.25, -0.2) is 4.52 Å². The minimum absolute atomic E-state index is 0.664. The summed E-state index contributed by atoms with van der Waals surface area (Å²) in [6.07, 6.45) is 7.13. The molecule has 5 heteroatoms. The molecule has 1 N–H and O–H groups in total. The molecule has 0 aliphatic heterocycles. The van der Waals surface area contributed by atoms with Crippen LogP contribution in [-0.2, 0) is 0 Å². The van der Waals surface area contributed by atoms with Crippen molar-refractivity contribution < 1.29 is 0 Å². The molecule has 2 heterocycles. The number of fused-ring (bicyclic) bond motifs is 1.